The van der Waals surface area contributed by atoms with Crippen LogP contribution in [-0.2, 0) is 9.59 Å². The van der Waals surface area contributed by atoms with E-state index >= 15 is 0 Å². The van der Waals surface area contributed by atoms with Crippen LogP contribution in [0, 0.1) is 6.92 Å². The zero-order chi connectivity index (χ0) is 22.7. The molecule has 2 N–H and O–H groups in total. The Balaban J connectivity index is 1.62. The molecule has 0 saturated carbocycles. The van der Waals surface area contributed by atoms with Gasteiger partial charge >= 0.3 is 0 Å². The van der Waals surface area contributed by atoms with Gasteiger partial charge in [-0.2, -0.15) is 0 Å². The van der Waals surface area contributed by atoms with Crippen LogP contribution in [0.15, 0.2) is 53.7 Å². The van der Waals surface area contributed by atoms with Gasteiger partial charge in [-0.3, -0.25) is 14.2 Å². The smallest absolute Gasteiger partial charge is 0.240 e. The highest BCUT2D eigenvalue weighted by atomic mass is 35.5. The summed E-state index contributed by atoms with van der Waals surface area (Å²) in [7, 11) is 0. The van der Waals surface area contributed by atoms with Crippen molar-refractivity contribution in [2.75, 3.05) is 12.3 Å². The molecule has 2 amide bonds. The Morgan fingerprint density at radius 3 is 2.50 bits per heavy atom. The fourth-order valence-corrected chi connectivity index (χ4v) is 4.77. The Morgan fingerprint density at radius 1 is 1.09 bits per heavy atom. The first-order valence-corrected chi connectivity index (χ1v) is 11.8. The lowest BCUT2D eigenvalue weighted by Gasteiger charge is -2.33. The number of carbonyl (C=O) groups is 2. The van der Waals surface area contributed by atoms with Crippen molar-refractivity contribution in [3.63, 3.8) is 0 Å². The molecule has 0 radical (unpaired) electrons. The van der Waals surface area contributed by atoms with Crippen molar-refractivity contribution in [3.8, 4) is 17.1 Å². The largest absolute Gasteiger partial charge is 0.368 e. The molecule has 3 aromatic rings. The van der Waals surface area contributed by atoms with Crippen LogP contribution in [-0.4, -0.2) is 49.8 Å². The van der Waals surface area contributed by atoms with E-state index in [0.29, 0.717) is 29.0 Å². The summed E-state index contributed by atoms with van der Waals surface area (Å²) in [5.41, 5.74) is 8.42. The number of thioether (sulfide) groups is 1. The van der Waals surface area contributed by atoms with E-state index in [9.17, 15) is 9.59 Å². The fourth-order valence-electron chi connectivity index (χ4n) is 3.81. The van der Waals surface area contributed by atoms with Gasteiger partial charge < -0.3 is 10.6 Å². The summed E-state index contributed by atoms with van der Waals surface area (Å²) in [5.74, 6) is 0.239. The van der Waals surface area contributed by atoms with Crippen molar-refractivity contribution in [1.29, 1.82) is 0 Å². The maximum atomic E-state index is 12.9. The second-order valence-corrected chi connectivity index (χ2v) is 9.15. The Kier molecular flexibility index (Phi) is 6.81. The first kappa shape index (κ1) is 22.4. The van der Waals surface area contributed by atoms with Crippen molar-refractivity contribution in [1.82, 2.24) is 19.7 Å². The zero-order valence-corrected chi connectivity index (χ0v) is 19.3. The minimum atomic E-state index is -0.531. The highest BCUT2D eigenvalue weighted by Gasteiger charge is 2.30. The third-order valence-corrected chi connectivity index (χ3v) is 6.67. The molecule has 2 heterocycles. The van der Waals surface area contributed by atoms with E-state index in [-0.39, 0.29) is 11.7 Å². The van der Waals surface area contributed by atoms with Gasteiger partial charge in [0.2, 0.25) is 11.8 Å². The van der Waals surface area contributed by atoms with Crippen molar-refractivity contribution in [3.05, 3.63) is 59.1 Å². The highest BCUT2D eigenvalue weighted by molar-refractivity contribution is 7.99. The van der Waals surface area contributed by atoms with Gasteiger partial charge in [-0.25, -0.2) is 0 Å². The van der Waals surface area contributed by atoms with Gasteiger partial charge in [0.1, 0.15) is 6.04 Å². The fraction of sp³-hybridized carbons (Fsp3) is 0.304. The number of amides is 2. The summed E-state index contributed by atoms with van der Waals surface area (Å²) in [6, 6.07) is 14.9. The first-order valence-electron chi connectivity index (χ1n) is 10.4. The summed E-state index contributed by atoms with van der Waals surface area (Å²) in [6.07, 6.45) is 2.39. The molecule has 0 bridgehead atoms. The quantitative estimate of drug-likeness (QED) is 0.553. The molecular formula is C23H24ClN5O2S. The van der Waals surface area contributed by atoms with Crippen LogP contribution in [0.25, 0.3) is 17.1 Å². The van der Waals surface area contributed by atoms with E-state index in [1.54, 1.807) is 4.90 Å². The number of nitrogens with two attached hydrogens (primary N) is 1. The Hall–Kier alpha value is -2.84. The topological polar surface area (TPSA) is 94.1 Å². The second-order valence-electron chi connectivity index (χ2n) is 7.77. The molecule has 4 rings (SSSR count). The van der Waals surface area contributed by atoms with Crippen LogP contribution in [0.3, 0.4) is 0 Å². The van der Waals surface area contributed by atoms with E-state index in [0.717, 1.165) is 29.7 Å². The minimum absolute atomic E-state index is 0.120. The molecule has 1 unspecified atom stereocenters. The van der Waals surface area contributed by atoms with Gasteiger partial charge in [-0.1, -0.05) is 41.1 Å². The number of primary amides is 1. The van der Waals surface area contributed by atoms with Crippen molar-refractivity contribution >= 4 is 35.2 Å². The third kappa shape index (κ3) is 4.81. The van der Waals surface area contributed by atoms with Crippen LogP contribution < -0.4 is 5.73 Å². The molecule has 166 valence electrons. The average Bonchev–Trinajstić information content (AvgIpc) is 3.22. The van der Waals surface area contributed by atoms with Crippen LogP contribution in [0.4, 0.5) is 0 Å². The normalized spacial score (nSPS) is 16.2. The molecule has 9 heteroatoms. The highest BCUT2D eigenvalue weighted by Crippen LogP contribution is 2.29. The average molecular weight is 470 g/mol. The van der Waals surface area contributed by atoms with Crippen molar-refractivity contribution < 1.29 is 9.59 Å². The minimum Gasteiger partial charge on any atom is -0.368 e. The zero-order valence-electron chi connectivity index (χ0n) is 17.7. The van der Waals surface area contributed by atoms with Crippen molar-refractivity contribution in [2.24, 2.45) is 5.73 Å². The molecule has 1 fully saturated rings. The van der Waals surface area contributed by atoms with Crippen LogP contribution >= 0.6 is 23.4 Å². The number of hydrogen-bond donors (Lipinski definition) is 1. The maximum absolute atomic E-state index is 12.9. The number of rotatable bonds is 6. The number of aromatic nitrogens is 3. The van der Waals surface area contributed by atoms with E-state index in [4.69, 9.17) is 17.3 Å². The summed E-state index contributed by atoms with van der Waals surface area (Å²) in [4.78, 5) is 26.3. The Labute approximate surface area is 196 Å². The second kappa shape index (κ2) is 9.75. The Morgan fingerprint density at radius 2 is 1.81 bits per heavy atom. The molecule has 32 heavy (non-hydrogen) atoms. The number of benzene rings is 2. The van der Waals surface area contributed by atoms with Gasteiger partial charge in [0, 0.05) is 22.8 Å². The first-order chi connectivity index (χ1) is 15.4. The molecule has 0 aliphatic carbocycles. The standard InChI is InChI=1S/C23H24ClN5O2S/c1-15-5-11-18(12-6-15)29-22(16-7-9-17(24)10-8-16)26-27-23(29)32-14-20(30)28-13-3-2-4-19(28)21(25)31/h5-12,19H,2-4,13-14H2,1H3,(H2,25,31). The van der Waals surface area contributed by atoms with Crippen molar-refractivity contribution in [2.45, 2.75) is 37.4 Å². The number of hydrogen-bond acceptors (Lipinski definition) is 5. The van der Waals surface area contributed by atoms with Gasteiger partial charge in [-0.05, 0) is 62.6 Å². The lowest BCUT2D eigenvalue weighted by atomic mass is 10.0. The van der Waals surface area contributed by atoms with E-state index < -0.39 is 11.9 Å². The van der Waals surface area contributed by atoms with Gasteiger partial charge in [0.15, 0.2) is 11.0 Å². The summed E-state index contributed by atoms with van der Waals surface area (Å²) in [6.45, 7) is 2.58. The van der Waals surface area contributed by atoms with Gasteiger partial charge in [0.25, 0.3) is 0 Å². The number of halogens is 1. The molecule has 1 saturated heterocycles. The predicted octanol–water partition coefficient (Wildman–Crippen LogP) is 3.85. The summed E-state index contributed by atoms with van der Waals surface area (Å²) >= 11 is 7.35. The third-order valence-electron chi connectivity index (χ3n) is 5.50. The molecule has 1 aliphatic heterocycles. The molecule has 1 aliphatic rings. The molecule has 0 spiro atoms. The number of aryl methyl sites for hydroxylation is 1. The monoisotopic (exact) mass is 469 g/mol. The maximum Gasteiger partial charge on any atom is 0.240 e. The summed E-state index contributed by atoms with van der Waals surface area (Å²) in [5, 5.41) is 10.0. The van der Waals surface area contributed by atoms with Crippen LogP contribution in [0.1, 0.15) is 24.8 Å². The van der Waals surface area contributed by atoms with E-state index in [1.807, 2.05) is 60.0 Å². The molecule has 1 aromatic heterocycles. The van der Waals surface area contributed by atoms with E-state index in [1.165, 1.54) is 11.8 Å². The number of nitrogens with zero attached hydrogens (tertiary/aromatic N) is 4. The molecule has 2 aromatic carbocycles. The summed E-state index contributed by atoms with van der Waals surface area (Å²) < 4.78 is 1.93. The lowest BCUT2D eigenvalue weighted by molar-refractivity contribution is -0.138. The predicted molar refractivity (Wildman–Crippen MR) is 126 cm³/mol. The SMILES string of the molecule is Cc1ccc(-n2c(SCC(=O)N3CCCCC3C(N)=O)nnc2-c2ccc(Cl)cc2)cc1. The number of carbonyl (C=O) groups excluding carboxylic acids is 2. The number of piperidine rings is 1. The van der Waals surface area contributed by atoms with E-state index in [2.05, 4.69) is 10.2 Å². The molecule has 7 nitrogen and oxygen atoms in total. The lowest BCUT2D eigenvalue weighted by Crippen LogP contribution is -2.51. The molecule has 1 atom stereocenters. The van der Waals surface area contributed by atoms with Gasteiger partial charge in [0.05, 0.1) is 5.75 Å². The Bertz CT molecular complexity index is 1110. The van der Waals surface area contributed by atoms with Gasteiger partial charge in [-0.15, -0.1) is 10.2 Å². The number of likely N-dealkylation sites (tertiary alicyclic amines) is 1. The van der Waals surface area contributed by atoms with Crippen LogP contribution in [0.2, 0.25) is 5.02 Å². The molecular weight excluding hydrogens is 446 g/mol. The van der Waals surface area contributed by atoms with Crippen LogP contribution in [0.5, 0.6) is 0 Å².